The Morgan fingerprint density at radius 3 is 2.70 bits per heavy atom. The van der Waals surface area contributed by atoms with Crippen LogP contribution in [0.4, 0.5) is 5.69 Å². The van der Waals surface area contributed by atoms with E-state index in [9.17, 15) is 4.79 Å². The van der Waals surface area contributed by atoms with Crippen LogP contribution in [0.5, 0.6) is 0 Å². The average Bonchev–Trinajstić information content (AvgIpc) is 3.11. The van der Waals surface area contributed by atoms with Gasteiger partial charge in [0.05, 0.1) is 12.1 Å². The van der Waals surface area contributed by atoms with E-state index in [0.29, 0.717) is 16.6 Å². The van der Waals surface area contributed by atoms with Crippen LogP contribution in [0.1, 0.15) is 24.0 Å². The van der Waals surface area contributed by atoms with Gasteiger partial charge in [0, 0.05) is 15.6 Å². The molecule has 0 radical (unpaired) electrons. The van der Waals surface area contributed by atoms with Crippen molar-refractivity contribution in [2.45, 2.75) is 36.6 Å². The molecule has 8 heteroatoms. The Labute approximate surface area is 183 Å². The van der Waals surface area contributed by atoms with Gasteiger partial charge in [0.2, 0.25) is 5.91 Å². The van der Waals surface area contributed by atoms with Crippen LogP contribution in [0.3, 0.4) is 0 Å². The first-order valence-electron chi connectivity index (χ1n) is 9.57. The number of aryl methyl sites for hydroxylation is 2. The van der Waals surface area contributed by atoms with Gasteiger partial charge in [0.25, 0.3) is 5.78 Å². The number of halogens is 1. The third-order valence-corrected chi connectivity index (χ3v) is 5.93. The number of hydrogen-bond acceptors (Lipinski definition) is 5. The standard InChI is InChI=1S/C22H20ClN5OS/c1-3-16-13-21(28-22(25-16)24-14(2)27-28)30-19-11-7-6-10-18(19)26-20(29)12-15-8-4-5-9-17(15)23/h4-11,13H,3,12H2,1-2H3,(H,26,29). The minimum atomic E-state index is -0.123. The number of carbonyl (C=O) groups is 1. The zero-order valence-corrected chi connectivity index (χ0v) is 18.2. The summed E-state index contributed by atoms with van der Waals surface area (Å²) in [6.45, 7) is 3.90. The summed E-state index contributed by atoms with van der Waals surface area (Å²) >= 11 is 7.71. The Hall–Kier alpha value is -2.90. The molecule has 0 atom stereocenters. The van der Waals surface area contributed by atoms with Crippen molar-refractivity contribution in [2.75, 3.05) is 5.32 Å². The van der Waals surface area contributed by atoms with Gasteiger partial charge in [0.1, 0.15) is 10.9 Å². The lowest BCUT2D eigenvalue weighted by Gasteiger charge is -2.12. The van der Waals surface area contributed by atoms with Gasteiger partial charge in [-0.05, 0) is 43.2 Å². The number of carbonyl (C=O) groups excluding carboxylic acids is 1. The maximum Gasteiger partial charge on any atom is 0.253 e. The molecule has 0 aliphatic heterocycles. The Balaban J connectivity index is 1.61. The van der Waals surface area contributed by atoms with Crippen molar-refractivity contribution in [2.24, 2.45) is 0 Å². The number of hydrogen-bond donors (Lipinski definition) is 1. The second-order valence-corrected chi connectivity index (χ2v) is 8.19. The predicted molar refractivity (Wildman–Crippen MR) is 119 cm³/mol. The van der Waals surface area contributed by atoms with E-state index < -0.39 is 0 Å². The van der Waals surface area contributed by atoms with Crippen LogP contribution in [0.25, 0.3) is 5.78 Å². The Bertz CT molecular complexity index is 1220. The minimum Gasteiger partial charge on any atom is -0.325 e. The molecule has 6 nitrogen and oxygen atoms in total. The third-order valence-electron chi connectivity index (χ3n) is 4.49. The highest BCUT2D eigenvalue weighted by Gasteiger charge is 2.14. The lowest BCUT2D eigenvalue weighted by Crippen LogP contribution is -2.15. The summed E-state index contributed by atoms with van der Waals surface area (Å²) < 4.78 is 1.74. The molecule has 2 aromatic carbocycles. The number of para-hydroxylation sites is 1. The number of fused-ring (bicyclic) bond motifs is 1. The first-order chi connectivity index (χ1) is 14.5. The number of nitrogens with zero attached hydrogens (tertiary/aromatic N) is 4. The molecular weight excluding hydrogens is 418 g/mol. The monoisotopic (exact) mass is 437 g/mol. The molecule has 0 saturated heterocycles. The van der Waals surface area contributed by atoms with E-state index in [-0.39, 0.29) is 12.3 Å². The van der Waals surface area contributed by atoms with Crippen molar-refractivity contribution in [3.63, 3.8) is 0 Å². The highest BCUT2D eigenvalue weighted by atomic mass is 35.5. The van der Waals surface area contributed by atoms with Gasteiger partial charge >= 0.3 is 0 Å². The largest absolute Gasteiger partial charge is 0.325 e. The normalized spacial score (nSPS) is 11.0. The fourth-order valence-corrected chi connectivity index (χ4v) is 4.23. The summed E-state index contributed by atoms with van der Waals surface area (Å²) in [5.74, 6) is 1.12. The molecule has 0 saturated carbocycles. The molecule has 0 unspecified atom stereocenters. The molecule has 0 spiro atoms. The van der Waals surface area contributed by atoms with Crippen molar-refractivity contribution < 1.29 is 4.79 Å². The first-order valence-corrected chi connectivity index (χ1v) is 10.8. The van der Waals surface area contributed by atoms with E-state index in [2.05, 4.69) is 27.3 Å². The summed E-state index contributed by atoms with van der Waals surface area (Å²) in [6, 6.07) is 17.1. The zero-order valence-electron chi connectivity index (χ0n) is 16.6. The zero-order chi connectivity index (χ0) is 21.1. The van der Waals surface area contributed by atoms with Gasteiger partial charge < -0.3 is 5.32 Å². The molecule has 2 heterocycles. The molecule has 152 valence electrons. The molecule has 0 aliphatic carbocycles. The molecule has 0 aliphatic rings. The highest BCUT2D eigenvalue weighted by molar-refractivity contribution is 7.99. The smallest absolute Gasteiger partial charge is 0.253 e. The van der Waals surface area contributed by atoms with Crippen molar-refractivity contribution in [1.29, 1.82) is 0 Å². The topological polar surface area (TPSA) is 72.2 Å². The first kappa shape index (κ1) is 20.4. The van der Waals surface area contributed by atoms with E-state index in [1.165, 1.54) is 11.8 Å². The summed E-state index contributed by atoms with van der Waals surface area (Å²) in [5, 5.41) is 8.95. The number of benzene rings is 2. The van der Waals surface area contributed by atoms with Crippen LogP contribution in [-0.2, 0) is 17.6 Å². The quantitative estimate of drug-likeness (QED) is 0.430. The minimum absolute atomic E-state index is 0.123. The molecule has 0 bridgehead atoms. The Morgan fingerprint density at radius 2 is 1.90 bits per heavy atom. The highest BCUT2D eigenvalue weighted by Crippen LogP contribution is 2.34. The van der Waals surface area contributed by atoms with E-state index in [4.69, 9.17) is 11.6 Å². The van der Waals surface area contributed by atoms with Gasteiger partial charge in [-0.1, -0.05) is 60.6 Å². The maximum absolute atomic E-state index is 12.6. The average molecular weight is 438 g/mol. The van der Waals surface area contributed by atoms with Crippen LogP contribution in [0.2, 0.25) is 5.02 Å². The SMILES string of the molecule is CCc1cc(Sc2ccccc2NC(=O)Cc2ccccc2Cl)n2nc(C)nc2n1. The third kappa shape index (κ3) is 4.47. The van der Waals surface area contributed by atoms with E-state index in [1.807, 2.05) is 55.5 Å². The number of amides is 1. The Kier molecular flexibility index (Phi) is 6.01. The van der Waals surface area contributed by atoms with Crippen molar-refractivity contribution in [3.05, 3.63) is 76.7 Å². The van der Waals surface area contributed by atoms with E-state index in [1.54, 1.807) is 10.6 Å². The Morgan fingerprint density at radius 1 is 1.13 bits per heavy atom. The van der Waals surface area contributed by atoms with Gasteiger partial charge in [-0.25, -0.2) is 4.98 Å². The summed E-state index contributed by atoms with van der Waals surface area (Å²) in [4.78, 5) is 22.5. The molecule has 1 amide bonds. The van der Waals surface area contributed by atoms with Gasteiger partial charge in [0.15, 0.2) is 0 Å². The van der Waals surface area contributed by atoms with Crippen LogP contribution in [-0.4, -0.2) is 25.5 Å². The van der Waals surface area contributed by atoms with Gasteiger partial charge in [-0.3, -0.25) is 4.79 Å². The molecule has 4 rings (SSSR count). The van der Waals surface area contributed by atoms with Gasteiger partial charge in [-0.15, -0.1) is 5.10 Å². The molecule has 2 aromatic heterocycles. The molecule has 1 N–H and O–H groups in total. The number of anilines is 1. The summed E-state index contributed by atoms with van der Waals surface area (Å²) in [6.07, 6.45) is 1.01. The molecule has 0 fully saturated rings. The van der Waals surface area contributed by atoms with Gasteiger partial charge in [-0.2, -0.15) is 9.50 Å². The molecular formula is C22H20ClN5OS. The van der Waals surface area contributed by atoms with Crippen LogP contribution >= 0.6 is 23.4 Å². The van der Waals surface area contributed by atoms with Crippen LogP contribution in [0, 0.1) is 6.92 Å². The molecule has 4 aromatic rings. The fourth-order valence-electron chi connectivity index (χ4n) is 3.02. The number of nitrogens with one attached hydrogen (secondary N) is 1. The van der Waals surface area contributed by atoms with Crippen LogP contribution < -0.4 is 5.32 Å². The van der Waals surface area contributed by atoms with Crippen LogP contribution in [0.15, 0.2) is 64.5 Å². The fraction of sp³-hybridized carbons (Fsp3) is 0.182. The lowest BCUT2D eigenvalue weighted by atomic mass is 10.1. The van der Waals surface area contributed by atoms with Crippen molar-refractivity contribution in [3.8, 4) is 0 Å². The predicted octanol–water partition coefficient (Wildman–Crippen LogP) is 4.98. The number of rotatable bonds is 6. The van der Waals surface area contributed by atoms with E-state index >= 15 is 0 Å². The second-order valence-electron chi connectivity index (χ2n) is 6.72. The number of aromatic nitrogens is 4. The van der Waals surface area contributed by atoms with E-state index in [0.717, 1.165) is 33.3 Å². The molecule has 30 heavy (non-hydrogen) atoms. The van der Waals surface area contributed by atoms with Crippen molar-refractivity contribution >= 4 is 40.7 Å². The second kappa shape index (κ2) is 8.85. The summed E-state index contributed by atoms with van der Waals surface area (Å²) in [5.41, 5.74) is 2.47. The maximum atomic E-state index is 12.6. The lowest BCUT2D eigenvalue weighted by molar-refractivity contribution is -0.115. The van der Waals surface area contributed by atoms with Crippen molar-refractivity contribution in [1.82, 2.24) is 19.6 Å². The summed E-state index contributed by atoms with van der Waals surface area (Å²) in [7, 11) is 0.